The van der Waals surface area contributed by atoms with Crippen LogP contribution in [0.5, 0.6) is 0 Å². The summed E-state index contributed by atoms with van der Waals surface area (Å²) < 4.78 is 0. The molecule has 62 valence electrons. The molecule has 2 fully saturated rings. The van der Waals surface area contributed by atoms with Crippen molar-refractivity contribution in [3.63, 3.8) is 0 Å². The number of hydrogen-bond acceptors (Lipinski definition) is 2. The van der Waals surface area contributed by atoms with Crippen molar-refractivity contribution in [2.45, 2.75) is 31.7 Å². The first-order chi connectivity index (χ1) is 5.14. The van der Waals surface area contributed by atoms with Gasteiger partial charge >= 0.3 is 5.97 Å². The van der Waals surface area contributed by atoms with E-state index in [4.69, 9.17) is 10.8 Å². The van der Waals surface area contributed by atoms with Gasteiger partial charge in [0.2, 0.25) is 0 Å². The lowest BCUT2D eigenvalue weighted by molar-refractivity contribution is -0.137. The molecule has 0 saturated heterocycles. The van der Waals surface area contributed by atoms with Crippen LogP contribution in [0.3, 0.4) is 0 Å². The fourth-order valence-electron chi connectivity index (χ4n) is 2.06. The van der Waals surface area contributed by atoms with E-state index < -0.39 is 5.97 Å². The number of nitrogens with two attached hydrogens (primary N) is 1. The zero-order chi connectivity index (χ0) is 8.06. The van der Waals surface area contributed by atoms with Gasteiger partial charge in [-0.3, -0.25) is 4.79 Å². The highest BCUT2D eigenvalue weighted by molar-refractivity contribution is 5.67. The monoisotopic (exact) mass is 155 g/mol. The van der Waals surface area contributed by atoms with Crippen LogP contribution >= 0.6 is 0 Å². The fraction of sp³-hybridized carbons (Fsp3) is 0.875. The van der Waals surface area contributed by atoms with Gasteiger partial charge in [-0.15, -0.1) is 0 Å². The molecule has 2 unspecified atom stereocenters. The molecular formula is C8H13NO2. The van der Waals surface area contributed by atoms with Crippen molar-refractivity contribution in [1.82, 2.24) is 0 Å². The van der Waals surface area contributed by atoms with E-state index in [1.165, 1.54) is 19.3 Å². The van der Waals surface area contributed by atoms with Crippen LogP contribution < -0.4 is 5.73 Å². The quantitative estimate of drug-likeness (QED) is 0.627. The second-order valence-electron chi connectivity index (χ2n) is 3.93. The fourth-order valence-corrected chi connectivity index (χ4v) is 2.06. The summed E-state index contributed by atoms with van der Waals surface area (Å²) in [6.07, 6.45) is 3.89. The van der Waals surface area contributed by atoms with Crippen LogP contribution in [0.15, 0.2) is 0 Å². The molecule has 2 aliphatic carbocycles. The van der Waals surface area contributed by atoms with E-state index in [0.717, 1.165) is 0 Å². The minimum absolute atomic E-state index is 0.0880. The molecule has 2 atom stereocenters. The van der Waals surface area contributed by atoms with Crippen molar-refractivity contribution in [2.24, 2.45) is 17.1 Å². The van der Waals surface area contributed by atoms with Crippen LogP contribution in [0.2, 0.25) is 0 Å². The maximum absolute atomic E-state index is 10.3. The zero-order valence-corrected chi connectivity index (χ0v) is 6.42. The Balaban J connectivity index is 1.82. The third kappa shape index (κ3) is 1.13. The van der Waals surface area contributed by atoms with Gasteiger partial charge in [0.15, 0.2) is 0 Å². The Kier molecular flexibility index (Phi) is 1.27. The van der Waals surface area contributed by atoms with Gasteiger partial charge in [-0.2, -0.15) is 0 Å². The lowest BCUT2D eigenvalue weighted by Crippen LogP contribution is -2.26. The summed E-state index contributed by atoms with van der Waals surface area (Å²) in [5.74, 6) is -0.237. The van der Waals surface area contributed by atoms with Gasteiger partial charge in [0.25, 0.3) is 0 Å². The van der Waals surface area contributed by atoms with Crippen molar-refractivity contribution in [2.75, 3.05) is 0 Å². The Bertz CT molecular complexity index is 198. The lowest BCUT2D eigenvalue weighted by atomic mass is 10.1. The third-order valence-electron chi connectivity index (χ3n) is 3.07. The SMILES string of the molecule is NC(CC(=O)O)C1CC12CC2. The highest BCUT2D eigenvalue weighted by atomic mass is 16.4. The predicted molar refractivity (Wildman–Crippen MR) is 40.0 cm³/mol. The van der Waals surface area contributed by atoms with E-state index in [2.05, 4.69) is 0 Å². The van der Waals surface area contributed by atoms with Crippen molar-refractivity contribution in [1.29, 1.82) is 0 Å². The Morgan fingerprint density at radius 2 is 2.36 bits per heavy atom. The van der Waals surface area contributed by atoms with Crippen molar-refractivity contribution >= 4 is 5.97 Å². The maximum Gasteiger partial charge on any atom is 0.304 e. The minimum Gasteiger partial charge on any atom is -0.481 e. The smallest absolute Gasteiger partial charge is 0.304 e. The van der Waals surface area contributed by atoms with Gasteiger partial charge in [-0.05, 0) is 30.6 Å². The molecule has 0 aromatic carbocycles. The van der Waals surface area contributed by atoms with Crippen LogP contribution in [-0.2, 0) is 4.79 Å². The van der Waals surface area contributed by atoms with Gasteiger partial charge in [0.1, 0.15) is 0 Å². The molecule has 2 aliphatic rings. The number of carboxylic acid groups (broad SMARTS) is 1. The standard InChI is InChI=1S/C8H13NO2/c9-6(3-7(10)11)5-4-8(5)1-2-8/h5-6H,1-4,9H2,(H,10,11). The Hall–Kier alpha value is -0.570. The molecular weight excluding hydrogens is 142 g/mol. The summed E-state index contributed by atoms with van der Waals surface area (Å²) in [5, 5.41) is 8.47. The summed E-state index contributed by atoms with van der Waals surface area (Å²) in [4.78, 5) is 10.3. The molecule has 3 heteroatoms. The van der Waals surface area contributed by atoms with Crippen LogP contribution in [0.4, 0.5) is 0 Å². The first-order valence-corrected chi connectivity index (χ1v) is 4.11. The topological polar surface area (TPSA) is 63.3 Å². The molecule has 0 bridgehead atoms. The summed E-state index contributed by atoms with van der Waals surface area (Å²) in [6.45, 7) is 0. The number of carboxylic acids is 1. The van der Waals surface area contributed by atoms with Crippen LogP contribution in [0.25, 0.3) is 0 Å². The highest BCUT2D eigenvalue weighted by Crippen LogP contribution is 2.71. The van der Waals surface area contributed by atoms with Crippen molar-refractivity contribution in [3.8, 4) is 0 Å². The largest absolute Gasteiger partial charge is 0.481 e. The summed E-state index contributed by atoms with van der Waals surface area (Å²) in [5.41, 5.74) is 6.25. The lowest BCUT2D eigenvalue weighted by Gasteiger charge is -2.06. The van der Waals surface area contributed by atoms with Gasteiger partial charge in [0, 0.05) is 6.04 Å². The molecule has 1 spiro atoms. The number of rotatable bonds is 3. The predicted octanol–water partition coefficient (Wildman–Crippen LogP) is 0.588. The summed E-state index contributed by atoms with van der Waals surface area (Å²) in [6, 6.07) is -0.0880. The Labute approximate surface area is 65.6 Å². The first kappa shape index (κ1) is 7.10. The van der Waals surface area contributed by atoms with E-state index in [-0.39, 0.29) is 12.5 Å². The van der Waals surface area contributed by atoms with Crippen molar-refractivity contribution in [3.05, 3.63) is 0 Å². The van der Waals surface area contributed by atoms with E-state index in [0.29, 0.717) is 11.3 Å². The van der Waals surface area contributed by atoms with E-state index in [9.17, 15) is 4.79 Å². The van der Waals surface area contributed by atoms with Crippen LogP contribution in [0, 0.1) is 11.3 Å². The molecule has 0 aromatic rings. The normalized spacial score (nSPS) is 33.4. The molecule has 0 amide bonds. The molecule has 0 aromatic heterocycles. The average Bonchev–Trinajstić information content (AvgIpc) is 2.73. The summed E-state index contributed by atoms with van der Waals surface area (Å²) in [7, 11) is 0. The highest BCUT2D eigenvalue weighted by Gasteiger charge is 2.64. The number of aliphatic carboxylic acids is 1. The molecule has 0 aliphatic heterocycles. The maximum atomic E-state index is 10.3. The molecule has 0 heterocycles. The second kappa shape index (κ2) is 1.97. The number of carbonyl (C=O) groups is 1. The Morgan fingerprint density at radius 1 is 1.73 bits per heavy atom. The average molecular weight is 155 g/mol. The van der Waals surface area contributed by atoms with E-state index in [1.807, 2.05) is 0 Å². The van der Waals surface area contributed by atoms with E-state index in [1.54, 1.807) is 0 Å². The number of hydrogen-bond donors (Lipinski definition) is 2. The Morgan fingerprint density at radius 3 is 2.73 bits per heavy atom. The summed E-state index contributed by atoms with van der Waals surface area (Å²) >= 11 is 0. The van der Waals surface area contributed by atoms with Crippen LogP contribution in [-0.4, -0.2) is 17.1 Å². The van der Waals surface area contributed by atoms with Gasteiger partial charge in [-0.1, -0.05) is 0 Å². The van der Waals surface area contributed by atoms with Crippen LogP contribution in [0.1, 0.15) is 25.7 Å². The minimum atomic E-state index is -0.764. The van der Waals surface area contributed by atoms with Gasteiger partial charge in [-0.25, -0.2) is 0 Å². The second-order valence-corrected chi connectivity index (χ2v) is 3.93. The van der Waals surface area contributed by atoms with Gasteiger partial charge in [0.05, 0.1) is 6.42 Å². The van der Waals surface area contributed by atoms with Crippen molar-refractivity contribution < 1.29 is 9.90 Å². The molecule has 3 N–H and O–H groups in total. The molecule has 2 saturated carbocycles. The molecule has 2 rings (SSSR count). The molecule has 0 radical (unpaired) electrons. The van der Waals surface area contributed by atoms with Gasteiger partial charge < -0.3 is 10.8 Å². The zero-order valence-electron chi connectivity index (χ0n) is 6.42. The van der Waals surface area contributed by atoms with E-state index >= 15 is 0 Å². The molecule has 11 heavy (non-hydrogen) atoms. The third-order valence-corrected chi connectivity index (χ3v) is 3.07. The first-order valence-electron chi connectivity index (χ1n) is 4.11. The molecule has 3 nitrogen and oxygen atoms in total.